The number of aromatic nitrogens is 5. The van der Waals surface area contributed by atoms with Gasteiger partial charge in [0.1, 0.15) is 0 Å². The maximum absolute atomic E-state index is 13.9. The van der Waals surface area contributed by atoms with E-state index in [1.165, 1.54) is 10.6 Å². The summed E-state index contributed by atoms with van der Waals surface area (Å²) < 4.78 is 31.1. The van der Waals surface area contributed by atoms with Crippen molar-refractivity contribution in [1.29, 1.82) is 0 Å². The molecule has 29 heavy (non-hydrogen) atoms. The van der Waals surface area contributed by atoms with Crippen LogP contribution in [0.15, 0.2) is 41.3 Å². The second kappa shape index (κ2) is 7.00. The molecule has 0 aliphatic heterocycles. The number of alkyl halides is 2. The second-order valence-corrected chi connectivity index (χ2v) is 7.18. The van der Waals surface area contributed by atoms with Crippen LogP contribution in [0.2, 0.25) is 0 Å². The lowest BCUT2D eigenvalue weighted by atomic mass is 10.1. The molecule has 0 fully saturated rings. The molecule has 0 saturated heterocycles. The number of fused-ring (bicyclic) bond motifs is 1. The van der Waals surface area contributed by atoms with Crippen LogP contribution in [0, 0.1) is 18.6 Å². The van der Waals surface area contributed by atoms with E-state index in [1.54, 1.807) is 24.0 Å². The topological polar surface area (TPSA) is 68.5 Å². The molecule has 0 atom stereocenters. The molecule has 4 aromatic rings. The Morgan fingerprint density at radius 2 is 1.97 bits per heavy atom. The van der Waals surface area contributed by atoms with E-state index in [0.29, 0.717) is 16.9 Å². The maximum atomic E-state index is 13.9. The minimum absolute atomic E-state index is 0.0837. The van der Waals surface area contributed by atoms with Gasteiger partial charge in [-0.2, -0.15) is 5.10 Å². The minimum atomic E-state index is -2.86. The Hall–Kier alpha value is -3.20. The van der Waals surface area contributed by atoms with Crippen molar-refractivity contribution >= 4 is 23.3 Å². The number of pyridine rings is 1. The van der Waals surface area contributed by atoms with Crippen LogP contribution in [-0.4, -0.2) is 24.3 Å². The van der Waals surface area contributed by atoms with E-state index in [0.717, 1.165) is 11.3 Å². The van der Waals surface area contributed by atoms with E-state index in [-0.39, 0.29) is 15.8 Å². The zero-order valence-corrected chi connectivity index (χ0v) is 16.7. The SMILES string of the molecule is Cc1cccc(-n2c(=S)[nH]c(=O)c3c(C(F)F)cc(-c4cnn(C)c4C)nc32)c1. The van der Waals surface area contributed by atoms with Gasteiger partial charge in [-0.1, -0.05) is 12.1 Å². The first kappa shape index (κ1) is 19.1. The van der Waals surface area contributed by atoms with E-state index in [9.17, 15) is 13.6 Å². The summed E-state index contributed by atoms with van der Waals surface area (Å²) in [5, 5.41) is 3.99. The van der Waals surface area contributed by atoms with Crippen molar-refractivity contribution in [3.63, 3.8) is 0 Å². The first-order valence-corrected chi connectivity index (χ1v) is 9.23. The van der Waals surface area contributed by atoms with Gasteiger partial charge in [0.05, 0.1) is 23.0 Å². The lowest BCUT2D eigenvalue weighted by Gasteiger charge is -2.14. The molecule has 3 heterocycles. The number of nitrogens with one attached hydrogen (secondary N) is 1. The van der Waals surface area contributed by atoms with Gasteiger partial charge >= 0.3 is 0 Å². The van der Waals surface area contributed by atoms with Crippen LogP contribution in [0.4, 0.5) is 8.78 Å². The van der Waals surface area contributed by atoms with E-state index in [4.69, 9.17) is 12.2 Å². The predicted octanol–water partition coefficient (Wildman–Crippen LogP) is 4.40. The van der Waals surface area contributed by atoms with Crippen molar-refractivity contribution < 1.29 is 8.78 Å². The highest BCUT2D eigenvalue weighted by Crippen LogP contribution is 2.31. The highest BCUT2D eigenvalue weighted by Gasteiger charge is 2.22. The molecule has 6 nitrogen and oxygen atoms in total. The molecular formula is C20H17F2N5OS. The fourth-order valence-electron chi connectivity index (χ4n) is 3.32. The van der Waals surface area contributed by atoms with Gasteiger partial charge in [-0.15, -0.1) is 0 Å². The molecule has 0 radical (unpaired) electrons. The molecule has 0 bridgehead atoms. The van der Waals surface area contributed by atoms with Crippen LogP contribution in [-0.2, 0) is 7.05 Å². The summed E-state index contributed by atoms with van der Waals surface area (Å²) in [6.07, 6.45) is -1.29. The molecule has 4 rings (SSSR count). The molecule has 0 amide bonds. The van der Waals surface area contributed by atoms with E-state index in [2.05, 4.69) is 15.1 Å². The smallest absolute Gasteiger partial charge is 0.264 e. The molecule has 148 valence electrons. The van der Waals surface area contributed by atoms with Crippen LogP contribution in [0.25, 0.3) is 28.0 Å². The number of nitrogens with zero attached hydrogens (tertiary/aromatic N) is 4. The van der Waals surface area contributed by atoms with Crippen molar-refractivity contribution in [2.24, 2.45) is 7.05 Å². The third kappa shape index (κ3) is 3.17. The minimum Gasteiger partial charge on any atom is -0.298 e. The van der Waals surface area contributed by atoms with E-state index >= 15 is 0 Å². The quantitative estimate of drug-likeness (QED) is 0.506. The molecule has 0 aliphatic carbocycles. The molecule has 1 aromatic carbocycles. The summed E-state index contributed by atoms with van der Waals surface area (Å²) in [5.41, 5.74) is 2.26. The van der Waals surface area contributed by atoms with Crippen LogP contribution < -0.4 is 5.56 Å². The lowest BCUT2D eigenvalue weighted by Crippen LogP contribution is -2.17. The normalized spacial score (nSPS) is 11.5. The fourth-order valence-corrected chi connectivity index (χ4v) is 3.61. The number of aromatic amines is 1. The Labute approximate surface area is 169 Å². The average Bonchev–Trinajstić information content (AvgIpc) is 2.99. The lowest BCUT2D eigenvalue weighted by molar-refractivity contribution is 0.153. The Bertz CT molecular complexity index is 1370. The largest absolute Gasteiger partial charge is 0.298 e. The number of H-pyrrole nitrogens is 1. The van der Waals surface area contributed by atoms with Crippen molar-refractivity contribution in [2.75, 3.05) is 0 Å². The number of hydrogen-bond acceptors (Lipinski definition) is 4. The monoisotopic (exact) mass is 413 g/mol. The van der Waals surface area contributed by atoms with Gasteiger partial charge < -0.3 is 0 Å². The van der Waals surface area contributed by atoms with Crippen molar-refractivity contribution in [3.8, 4) is 16.9 Å². The summed E-state index contributed by atoms with van der Waals surface area (Å²) in [6.45, 7) is 3.73. The molecule has 0 saturated carbocycles. The molecule has 9 heteroatoms. The van der Waals surface area contributed by atoms with Crippen molar-refractivity contribution in [3.05, 3.63) is 68.5 Å². The van der Waals surface area contributed by atoms with Gasteiger partial charge in [0.25, 0.3) is 12.0 Å². The molecule has 1 N–H and O–H groups in total. The average molecular weight is 413 g/mol. The highest BCUT2D eigenvalue weighted by atomic mass is 32.1. The van der Waals surface area contributed by atoms with Gasteiger partial charge in [-0.05, 0) is 49.8 Å². The number of benzene rings is 1. The maximum Gasteiger partial charge on any atom is 0.264 e. The Balaban J connectivity index is 2.18. The zero-order chi connectivity index (χ0) is 20.9. The third-order valence-electron chi connectivity index (χ3n) is 4.90. The Morgan fingerprint density at radius 1 is 1.21 bits per heavy atom. The third-order valence-corrected chi connectivity index (χ3v) is 5.18. The molecule has 3 aromatic heterocycles. The van der Waals surface area contributed by atoms with Gasteiger partial charge in [0, 0.05) is 23.9 Å². The number of aryl methyl sites for hydroxylation is 2. The fraction of sp³-hybridized carbons (Fsp3) is 0.200. The molecular weight excluding hydrogens is 396 g/mol. The van der Waals surface area contributed by atoms with Gasteiger partial charge in [-0.3, -0.25) is 19.0 Å². The number of hydrogen-bond donors (Lipinski definition) is 1. The first-order valence-electron chi connectivity index (χ1n) is 8.82. The predicted molar refractivity (Wildman–Crippen MR) is 109 cm³/mol. The van der Waals surface area contributed by atoms with Crippen LogP contribution in [0.1, 0.15) is 23.2 Å². The zero-order valence-electron chi connectivity index (χ0n) is 15.9. The van der Waals surface area contributed by atoms with E-state index < -0.39 is 17.5 Å². The molecule has 0 aliphatic rings. The van der Waals surface area contributed by atoms with Crippen LogP contribution in [0.3, 0.4) is 0 Å². The Morgan fingerprint density at radius 3 is 2.59 bits per heavy atom. The Kier molecular flexibility index (Phi) is 4.62. The van der Waals surface area contributed by atoms with Crippen LogP contribution in [0.5, 0.6) is 0 Å². The summed E-state index contributed by atoms with van der Waals surface area (Å²) >= 11 is 5.35. The molecule has 0 unspecified atom stereocenters. The molecule has 0 spiro atoms. The highest BCUT2D eigenvalue weighted by molar-refractivity contribution is 7.71. The van der Waals surface area contributed by atoms with E-state index in [1.807, 2.05) is 32.0 Å². The summed E-state index contributed by atoms with van der Waals surface area (Å²) in [7, 11) is 1.76. The summed E-state index contributed by atoms with van der Waals surface area (Å²) in [4.78, 5) is 19.7. The summed E-state index contributed by atoms with van der Waals surface area (Å²) in [5.74, 6) is 0. The number of rotatable bonds is 3. The van der Waals surface area contributed by atoms with Crippen molar-refractivity contribution in [2.45, 2.75) is 20.3 Å². The van der Waals surface area contributed by atoms with Crippen molar-refractivity contribution in [1.82, 2.24) is 24.3 Å². The first-order chi connectivity index (χ1) is 13.8. The number of halogens is 2. The van der Waals surface area contributed by atoms with Gasteiger partial charge in [0.2, 0.25) is 0 Å². The standard InChI is InChI=1S/C20H17F2N5OS/c1-10-5-4-6-12(7-10)27-18-16(19(28)25-20(27)29)13(17(21)22)8-15(24-18)14-9-23-26(3)11(14)2/h4-9,17H,1-3H3,(H,25,28,29). The van der Waals surface area contributed by atoms with Gasteiger partial charge in [-0.25, -0.2) is 13.8 Å². The van der Waals surface area contributed by atoms with Crippen LogP contribution >= 0.6 is 12.2 Å². The summed E-state index contributed by atoms with van der Waals surface area (Å²) in [6, 6.07) is 8.61. The second-order valence-electron chi connectivity index (χ2n) is 6.80. The van der Waals surface area contributed by atoms with Gasteiger partial charge in [0.15, 0.2) is 10.4 Å².